The van der Waals surface area contributed by atoms with Crippen LogP contribution in [0.3, 0.4) is 0 Å². The van der Waals surface area contributed by atoms with Crippen molar-refractivity contribution in [3.8, 4) is 0 Å². The molecule has 0 aliphatic carbocycles. The molecule has 0 saturated carbocycles. The lowest BCUT2D eigenvalue weighted by atomic mass is 10.0. The van der Waals surface area contributed by atoms with Gasteiger partial charge in [0.1, 0.15) is 0 Å². The Morgan fingerprint density at radius 2 is 1.59 bits per heavy atom. The van der Waals surface area contributed by atoms with E-state index < -0.39 is 21.8 Å². The second-order valence-electron chi connectivity index (χ2n) is 8.23. The normalized spacial score (nSPS) is 12.4. The molecule has 0 fully saturated rings. The van der Waals surface area contributed by atoms with E-state index in [1.54, 1.807) is 12.1 Å². The predicted octanol–water partition coefficient (Wildman–Crippen LogP) is 6.49. The van der Waals surface area contributed by atoms with Gasteiger partial charge in [-0.2, -0.15) is 0 Å². The van der Waals surface area contributed by atoms with Crippen molar-refractivity contribution in [2.75, 3.05) is 0 Å². The van der Waals surface area contributed by atoms with Gasteiger partial charge in [-0.05, 0) is 49.6 Å². The first-order valence-electron chi connectivity index (χ1n) is 11.5. The zero-order valence-corrected chi connectivity index (χ0v) is 21.6. The lowest BCUT2D eigenvalue weighted by Gasteiger charge is -2.18. The highest BCUT2D eigenvalue weighted by molar-refractivity contribution is 7.89. The van der Waals surface area contributed by atoms with Crippen molar-refractivity contribution in [1.82, 2.24) is 4.72 Å². The molecule has 9 heteroatoms. The highest BCUT2D eigenvalue weighted by Gasteiger charge is 2.26. The minimum Gasteiger partial charge on any atom is -0.481 e. The number of carbonyl (C=O) groups excluding carboxylic acids is 1. The Labute approximate surface area is 211 Å². The number of halogens is 2. The highest BCUT2D eigenvalue weighted by atomic mass is 35.5. The molecular weight excluding hydrogens is 497 g/mol. The smallest absolute Gasteiger partial charge is 0.303 e. The van der Waals surface area contributed by atoms with Crippen molar-refractivity contribution in [3.05, 3.63) is 63.6 Å². The van der Waals surface area contributed by atoms with Crippen LogP contribution in [0.4, 0.5) is 0 Å². The maximum atomic E-state index is 13.2. The molecule has 2 aromatic carbocycles. The summed E-state index contributed by atoms with van der Waals surface area (Å²) in [6, 6.07) is 10.3. The molecule has 1 atom stereocenters. The number of carboxylic acids is 1. The van der Waals surface area contributed by atoms with Crippen LogP contribution < -0.4 is 4.72 Å². The van der Waals surface area contributed by atoms with Gasteiger partial charge < -0.3 is 5.11 Å². The summed E-state index contributed by atoms with van der Waals surface area (Å²) < 4.78 is 29.1. The van der Waals surface area contributed by atoms with E-state index in [-0.39, 0.29) is 33.5 Å². The van der Waals surface area contributed by atoms with E-state index in [1.807, 2.05) is 6.92 Å². The molecule has 0 heterocycles. The molecule has 0 saturated heterocycles. The van der Waals surface area contributed by atoms with E-state index in [4.69, 9.17) is 28.3 Å². The third kappa shape index (κ3) is 8.69. The fourth-order valence-corrected chi connectivity index (χ4v) is 5.76. The molecule has 0 aromatic heterocycles. The number of hydrogen-bond donors (Lipinski definition) is 2. The molecule has 1 unspecified atom stereocenters. The third-order valence-electron chi connectivity index (χ3n) is 5.60. The predicted molar refractivity (Wildman–Crippen MR) is 135 cm³/mol. The molecule has 186 valence electrons. The van der Waals surface area contributed by atoms with Crippen LogP contribution in [0.2, 0.25) is 10.0 Å². The van der Waals surface area contributed by atoms with Crippen LogP contribution in [-0.4, -0.2) is 31.3 Å². The van der Waals surface area contributed by atoms with Crippen molar-refractivity contribution in [2.24, 2.45) is 0 Å². The SMILES string of the molecule is CCC(CCCCCCCCC(=O)O)NS(=O)(=O)c1ccccc1C(=O)c1ccc(Cl)cc1Cl. The number of unbranched alkanes of at least 4 members (excludes halogenated alkanes) is 5. The van der Waals surface area contributed by atoms with Gasteiger partial charge in [0.25, 0.3) is 0 Å². The Hall–Kier alpha value is -1.93. The summed E-state index contributed by atoms with van der Waals surface area (Å²) in [5.41, 5.74) is 0.236. The zero-order valence-electron chi connectivity index (χ0n) is 19.2. The van der Waals surface area contributed by atoms with Crippen LogP contribution in [0.1, 0.15) is 80.6 Å². The molecule has 0 aliphatic rings. The largest absolute Gasteiger partial charge is 0.481 e. The molecule has 6 nitrogen and oxygen atoms in total. The number of hydrogen-bond acceptors (Lipinski definition) is 4. The average molecular weight is 528 g/mol. The molecule has 0 radical (unpaired) electrons. The molecule has 34 heavy (non-hydrogen) atoms. The Morgan fingerprint density at radius 1 is 0.941 bits per heavy atom. The summed E-state index contributed by atoms with van der Waals surface area (Å²) in [7, 11) is -3.93. The van der Waals surface area contributed by atoms with Gasteiger partial charge in [-0.1, -0.05) is 74.4 Å². The minimum atomic E-state index is -3.93. The maximum absolute atomic E-state index is 13.2. The van der Waals surface area contributed by atoms with Gasteiger partial charge in [0.05, 0.1) is 9.92 Å². The first-order chi connectivity index (χ1) is 16.2. The summed E-state index contributed by atoms with van der Waals surface area (Å²) in [6.07, 6.45) is 6.86. The van der Waals surface area contributed by atoms with E-state index in [0.717, 1.165) is 32.1 Å². The molecule has 0 amide bonds. The Bertz CT molecular complexity index is 1090. The van der Waals surface area contributed by atoms with E-state index in [0.29, 0.717) is 24.3 Å². The number of aliphatic carboxylic acids is 1. The van der Waals surface area contributed by atoms with Crippen molar-refractivity contribution in [1.29, 1.82) is 0 Å². The lowest BCUT2D eigenvalue weighted by molar-refractivity contribution is -0.137. The molecule has 0 aliphatic heterocycles. The molecule has 2 rings (SSSR count). The lowest BCUT2D eigenvalue weighted by Crippen LogP contribution is -2.35. The first kappa shape index (κ1) is 28.3. The van der Waals surface area contributed by atoms with Gasteiger partial charge in [0.15, 0.2) is 5.78 Å². The fourth-order valence-electron chi connectivity index (χ4n) is 3.71. The monoisotopic (exact) mass is 527 g/mol. The van der Waals surface area contributed by atoms with E-state index >= 15 is 0 Å². The van der Waals surface area contributed by atoms with Crippen molar-refractivity contribution in [2.45, 2.75) is 75.6 Å². The number of benzene rings is 2. The van der Waals surface area contributed by atoms with E-state index in [9.17, 15) is 18.0 Å². The molecule has 0 spiro atoms. The summed E-state index contributed by atoms with van der Waals surface area (Å²) in [5, 5.41) is 9.20. The highest BCUT2D eigenvalue weighted by Crippen LogP contribution is 2.26. The summed E-state index contributed by atoms with van der Waals surface area (Å²) in [5.74, 6) is -1.25. The average Bonchev–Trinajstić information content (AvgIpc) is 2.79. The Kier molecular flexibility index (Phi) is 11.5. The minimum absolute atomic E-state index is 0.0513. The summed E-state index contributed by atoms with van der Waals surface area (Å²) in [6.45, 7) is 1.92. The van der Waals surface area contributed by atoms with Crippen molar-refractivity contribution < 1.29 is 23.1 Å². The van der Waals surface area contributed by atoms with Gasteiger partial charge in [-0.15, -0.1) is 0 Å². The Balaban J connectivity index is 2.01. The van der Waals surface area contributed by atoms with E-state index in [1.165, 1.54) is 30.3 Å². The molecular formula is C25H31Cl2NO5S. The van der Waals surface area contributed by atoms with Gasteiger partial charge >= 0.3 is 5.97 Å². The summed E-state index contributed by atoms with van der Waals surface area (Å²) >= 11 is 12.1. The number of sulfonamides is 1. The van der Waals surface area contributed by atoms with Gasteiger partial charge in [0, 0.05) is 28.6 Å². The third-order valence-corrected chi connectivity index (χ3v) is 7.73. The number of carboxylic acid groups (broad SMARTS) is 1. The molecule has 2 aromatic rings. The molecule has 0 bridgehead atoms. The second-order valence-corrected chi connectivity index (χ2v) is 10.8. The van der Waals surface area contributed by atoms with Gasteiger partial charge in [-0.25, -0.2) is 13.1 Å². The van der Waals surface area contributed by atoms with Gasteiger partial charge in [-0.3, -0.25) is 9.59 Å². The standard InChI is InChI=1S/C25H31Cl2NO5S/c1-2-19(11-7-5-3-4-6-8-14-24(29)30)28-34(32,33)23-13-10-9-12-21(23)25(31)20-16-15-18(26)17-22(20)27/h9-10,12-13,15-17,19,28H,2-8,11,14H2,1H3,(H,29,30). The van der Waals surface area contributed by atoms with Crippen LogP contribution in [0, 0.1) is 0 Å². The number of rotatable bonds is 15. The number of carbonyl (C=O) groups is 2. The zero-order chi connectivity index (χ0) is 25.1. The van der Waals surface area contributed by atoms with Crippen LogP contribution >= 0.6 is 23.2 Å². The topological polar surface area (TPSA) is 101 Å². The first-order valence-corrected chi connectivity index (χ1v) is 13.7. The Morgan fingerprint density at radius 3 is 2.24 bits per heavy atom. The van der Waals surface area contributed by atoms with Crippen LogP contribution in [0.5, 0.6) is 0 Å². The molecule has 2 N–H and O–H groups in total. The second kappa shape index (κ2) is 13.8. The van der Waals surface area contributed by atoms with E-state index in [2.05, 4.69) is 4.72 Å². The van der Waals surface area contributed by atoms with Gasteiger partial charge in [0.2, 0.25) is 10.0 Å². The van der Waals surface area contributed by atoms with Crippen molar-refractivity contribution >= 4 is 45.0 Å². The van der Waals surface area contributed by atoms with Crippen LogP contribution in [-0.2, 0) is 14.8 Å². The summed E-state index contributed by atoms with van der Waals surface area (Å²) in [4.78, 5) is 23.6. The number of nitrogens with one attached hydrogen (secondary N) is 1. The quantitative estimate of drug-likeness (QED) is 0.203. The number of ketones is 1. The van der Waals surface area contributed by atoms with Crippen LogP contribution in [0.25, 0.3) is 0 Å². The van der Waals surface area contributed by atoms with Crippen LogP contribution in [0.15, 0.2) is 47.4 Å². The van der Waals surface area contributed by atoms with Crippen molar-refractivity contribution in [3.63, 3.8) is 0 Å². The maximum Gasteiger partial charge on any atom is 0.303 e. The fraction of sp³-hybridized carbons (Fsp3) is 0.440.